The number of nitrogens with two attached hydrogens (primary N) is 1. The number of rotatable bonds is 3. The van der Waals surface area contributed by atoms with Crippen molar-refractivity contribution in [3.8, 4) is 11.3 Å². The van der Waals surface area contributed by atoms with Crippen LogP contribution in [0.4, 0.5) is 0 Å². The second-order valence-electron chi connectivity index (χ2n) is 4.12. The zero-order valence-electron chi connectivity index (χ0n) is 10.8. The summed E-state index contributed by atoms with van der Waals surface area (Å²) in [5.41, 5.74) is 8.92. The zero-order valence-corrected chi connectivity index (χ0v) is 12.5. The van der Waals surface area contributed by atoms with Crippen molar-refractivity contribution >= 4 is 30.6 Å². The Morgan fingerprint density at radius 1 is 1.26 bits per heavy atom. The lowest BCUT2D eigenvalue weighted by Crippen LogP contribution is -2.16. The molecular weight excluding hydrogens is 283 g/mol. The van der Waals surface area contributed by atoms with E-state index in [1.54, 1.807) is 12.5 Å². The quantitative estimate of drug-likeness (QED) is 0.676. The number of amidine groups is 1. The van der Waals surface area contributed by atoms with Crippen LogP contribution in [0.15, 0.2) is 41.8 Å². The molecule has 0 amide bonds. The standard InChI is InChI=1S/C13H16N4.2ClH/c1-9(2)17-13(14)11-6-4-3-5-10(11)12-7-15-8-16-12;;/h3-9H,1-2H3,(H2,14,17)(H,15,16);2*1H. The van der Waals surface area contributed by atoms with E-state index >= 15 is 0 Å². The smallest absolute Gasteiger partial charge is 0.126 e. The van der Waals surface area contributed by atoms with Crippen LogP contribution in [0, 0.1) is 0 Å². The first kappa shape index (κ1) is 17.5. The molecule has 1 aromatic carbocycles. The minimum absolute atomic E-state index is 0. The van der Waals surface area contributed by atoms with Gasteiger partial charge in [0, 0.05) is 17.2 Å². The lowest BCUT2D eigenvalue weighted by Gasteiger charge is -2.08. The summed E-state index contributed by atoms with van der Waals surface area (Å²) in [7, 11) is 0. The maximum Gasteiger partial charge on any atom is 0.126 e. The van der Waals surface area contributed by atoms with Crippen molar-refractivity contribution in [1.29, 1.82) is 0 Å². The van der Waals surface area contributed by atoms with Crippen molar-refractivity contribution in [2.75, 3.05) is 0 Å². The Kier molecular flexibility index (Phi) is 7.19. The molecule has 19 heavy (non-hydrogen) atoms. The summed E-state index contributed by atoms with van der Waals surface area (Å²) in [6, 6.07) is 8.09. The summed E-state index contributed by atoms with van der Waals surface area (Å²) in [5.74, 6) is 0.560. The molecule has 0 atom stereocenters. The van der Waals surface area contributed by atoms with E-state index in [2.05, 4.69) is 15.0 Å². The lowest BCUT2D eigenvalue weighted by molar-refractivity contribution is 0.834. The number of aromatic amines is 1. The number of hydrogen-bond donors (Lipinski definition) is 2. The minimum Gasteiger partial charge on any atom is -0.383 e. The summed E-state index contributed by atoms with van der Waals surface area (Å²) < 4.78 is 0. The monoisotopic (exact) mass is 300 g/mol. The van der Waals surface area contributed by atoms with Crippen LogP contribution in [0.5, 0.6) is 0 Å². The average molecular weight is 301 g/mol. The molecule has 1 heterocycles. The van der Waals surface area contributed by atoms with Gasteiger partial charge in [0.25, 0.3) is 0 Å². The number of imidazole rings is 1. The number of benzene rings is 1. The third-order valence-electron chi connectivity index (χ3n) is 2.39. The van der Waals surface area contributed by atoms with E-state index in [0.717, 1.165) is 16.8 Å². The molecule has 104 valence electrons. The van der Waals surface area contributed by atoms with Gasteiger partial charge in [-0.25, -0.2) is 4.98 Å². The predicted molar refractivity (Wildman–Crippen MR) is 84.4 cm³/mol. The van der Waals surface area contributed by atoms with Crippen molar-refractivity contribution in [3.63, 3.8) is 0 Å². The van der Waals surface area contributed by atoms with E-state index in [1.807, 2.05) is 38.1 Å². The van der Waals surface area contributed by atoms with Crippen LogP contribution in [-0.4, -0.2) is 21.8 Å². The molecule has 6 heteroatoms. The molecule has 0 radical (unpaired) electrons. The summed E-state index contributed by atoms with van der Waals surface area (Å²) in [5, 5.41) is 0. The van der Waals surface area contributed by atoms with Gasteiger partial charge in [-0.05, 0) is 13.8 Å². The van der Waals surface area contributed by atoms with Crippen molar-refractivity contribution in [3.05, 3.63) is 42.4 Å². The first-order valence-corrected chi connectivity index (χ1v) is 5.60. The third-order valence-corrected chi connectivity index (χ3v) is 2.39. The van der Waals surface area contributed by atoms with E-state index in [9.17, 15) is 0 Å². The third kappa shape index (κ3) is 4.26. The molecule has 0 aliphatic rings. The molecule has 0 fully saturated rings. The second-order valence-corrected chi connectivity index (χ2v) is 4.12. The molecule has 0 aliphatic heterocycles. The molecule has 1 aromatic heterocycles. The van der Waals surface area contributed by atoms with Gasteiger partial charge in [-0.3, -0.25) is 4.99 Å². The van der Waals surface area contributed by atoms with Crippen LogP contribution in [0.3, 0.4) is 0 Å². The Balaban J connectivity index is 0.00000162. The number of nitrogens with zero attached hydrogens (tertiary/aromatic N) is 2. The van der Waals surface area contributed by atoms with E-state index in [0.29, 0.717) is 5.84 Å². The Labute approximate surface area is 125 Å². The summed E-state index contributed by atoms with van der Waals surface area (Å²) in [6.45, 7) is 4.01. The lowest BCUT2D eigenvalue weighted by atomic mass is 10.0. The Bertz CT molecular complexity index is 521. The Morgan fingerprint density at radius 3 is 2.53 bits per heavy atom. The highest BCUT2D eigenvalue weighted by Crippen LogP contribution is 2.20. The highest BCUT2D eigenvalue weighted by Gasteiger charge is 2.08. The Morgan fingerprint density at radius 2 is 1.95 bits per heavy atom. The van der Waals surface area contributed by atoms with Gasteiger partial charge in [0.1, 0.15) is 5.84 Å². The fourth-order valence-corrected chi connectivity index (χ4v) is 1.69. The van der Waals surface area contributed by atoms with Gasteiger partial charge in [0.05, 0.1) is 18.2 Å². The van der Waals surface area contributed by atoms with Crippen LogP contribution in [-0.2, 0) is 0 Å². The average Bonchev–Trinajstić information content (AvgIpc) is 2.81. The largest absolute Gasteiger partial charge is 0.383 e. The van der Waals surface area contributed by atoms with E-state index in [1.165, 1.54) is 0 Å². The number of H-pyrrole nitrogens is 1. The van der Waals surface area contributed by atoms with Crippen LogP contribution < -0.4 is 5.73 Å². The summed E-state index contributed by atoms with van der Waals surface area (Å²) in [6.07, 6.45) is 3.43. The molecule has 0 aliphatic carbocycles. The predicted octanol–water partition coefficient (Wildman–Crippen LogP) is 3.03. The van der Waals surface area contributed by atoms with E-state index in [-0.39, 0.29) is 30.9 Å². The number of nitrogens with one attached hydrogen (secondary N) is 1. The van der Waals surface area contributed by atoms with Gasteiger partial charge in [0.2, 0.25) is 0 Å². The van der Waals surface area contributed by atoms with Gasteiger partial charge in [0.15, 0.2) is 0 Å². The minimum atomic E-state index is 0. The van der Waals surface area contributed by atoms with Gasteiger partial charge in [-0.2, -0.15) is 0 Å². The number of aromatic nitrogens is 2. The fraction of sp³-hybridized carbons (Fsp3) is 0.231. The van der Waals surface area contributed by atoms with Gasteiger partial charge >= 0.3 is 0 Å². The zero-order chi connectivity index (χ0) is 12.3. The maximum absolute atomic E-state index is 6.02. The Hall–Kier alpha value is -1.52. The molecule has 2 aromatic rings. The second kappa shape index (κ2) is 7.81. The maximum atomic E-state index is 6.02. The van der Waals surface area contributed by atoms with Crippen molar-refractivity contribution < 1.29 is 0 Å². The summed E-state index contributed by atoms with van der Waals surface area (Å²) in [4.78, 5) is 11.5. The van der Waals surface area contributed by atoms with Gasteiger partial charge in [-0.1, -0.05) is 24.3 Å². The number of halogens is 2. The van der Waals surface area contributed by atoms with Crippen LogP contribution in [0.25, 0.3) is 11.3 Å². The van der Waals surface area contributed by atoms with Crippen molar-refractivity contribution in [2.45, 2.75) is 19.9 Å². The fourth-order valence-electron chi connectivity index (χ4n) is 1.69. The van der Waals surface area contributed by atoms with Crippen LogP contribution in [0.2, 0.25) is 0 Å². The molecule has 0 saturated carbocycles. The van der Waals surface area contributed by atoms with E-state index < -0.39 is 0 Å². The van der Waals surface area contributed by atoms with Crippen molar-refractivity contribution in [1.82, 2.24) is 9.97 Å². The normalized spacial score (nSPS) is 10.8. The van der Waals surface area contributed by atoms with Crippen molar-refractivity contribution in [2.24, 2.45) is 10.7 Å². The molecule has 4 nitrogen and oxygen atoms in total. The van der Waals surface area contributed by atoms with Crippen LogP contribution >= 0.6 is 24.8 Å². The topological polar surface area (TPSA) is 67.1 Å². The van der Waals surface area contributed by atoms with Gasteiger partial charge < -0.3 is 10.7 Å². The molecule has 0 spiro atoms. The molecule has 0 saturated heterocycles. The van der Waals surface area contributed by atoms with E-state index in [4.69, 9.17) is 5.73 Å². The molecule has 3 N–H and O–H groups in total. The highest BCUT2D eigenvalue weighted by atomic mass is 35.5. The number of aliphatic imine (C=N–C) groups is 1. The molecule has 2 rings (SSSR count). The van der Waals surface area contributed by atoms with Crippen LogP contribution in [0.1, 0.15) is 19.4 Å². The van der Waals surface area contributed by atoms with Gasteiger partial charge in [-0.15, -0.1) is 24.8 Å². The molecule has 0 unspecified atom stereocenters. The molecular formula is C13H18Cl2N4. The highest BCUT2D eigenvalue weighted by molar-refractivity contribution is 6.03. The SMILES string of the molecule is CC(C)N=C(N)c1ccccc1-c1cnc[nH]1.Cl.Cl. The molecule has 0 bridgehead atoms. The summed E-state index contributed by atoms with van der Waals surface area (Å²) >= 11 is 0. The number of hydrogen-bond acceptors (Lipinski definition) is 2. The first-order valence-electron chi connectivity index (χ1n) is 5.60. The first-order chi connectivity index (χ1) is 8.18.